The number of hydrogen-bond acceptors (Lipinski definition) is 4. The van der Waals surface area contributed by atoms with Crippen LogP contribution in [0.2, 0.25) is 5.02 Å². The zero-order valence-corrected chi connectivity index (χ0v) is 17.7. The second-order valence-corrected chi connectivity index (χ2v) is 8.03. The minimum Gasteiger partial charge on any atom is -0.322 e. The van der Waals surface area contributed by atoms with Crippen molar-refractivity contribution >= 4 is 22.6 Å². The number of benzene rings is 2. The Labute approximate surface area is 178 Å². The quantitative estimate of drug-likeness (QED) is 0.467. The normalized spacial score (nSPS) is 12.5. The SMILES string of the molecule is CCC(C)c1ccc2c(c1)nc1c(=O)[nH]c(=O)nc-1n2CCCc1ccc(Cl)cc1. The van der Waals surface area contributed by atoms with Crippen LogP contribution < -0.4 is 11.2 Å². The van der Waals surface area contributed by atoms with Crippen molar-refractivity contribution in [2.75, 3.05) is 0 Å². The van der Waals surface area contributed by atoms with Gasteiger partial charge in [-0.05, 0) is 60.6 Å². The molecule has 0 aromatic heterocycles. The number of hydrogen-bond donors (Lipinski definition) is 1. The topological polar surface area (TPSA) is 80.6 Å². The van der Waals surface area contributed by atoms with Gasteiger partial charge in [0.15, 0.2) is 11.5 Å². The maximum absolute atomic E-state index is 12.4. The van der Waals surface area contributed by atoms with E-state index in [1.165, 1.54) is 11.1 Å². The molecular weight excluding hydrogens is 400 g/mol. The Hall–Kier alpha value is -2.99. The second kappa shape index (κ2) is 8.40. The summed E-state index contributed by atoms with van der Waals surface area (Å²) in [6, 6.07) is 13.9. The van der Waals surface area contributed by atoms with Crippen molar-refractivity contribution in [3.8, 4) is 11.5 Å². The average molecular weight is 423 g/mol. The molecule has 1 N–H and O–H groups in total. The highest BCUT2D eigenvalue weighted by Gasteiger charge is 2.19. The number of aryl methyl sites for hydroxylation is 2. The van der Waals surface area contributed by atoms with E-state index < -0.39 is 11.2 Å². The molecule has 7 heteroatoms. The summed E-state index contributed by atoms with van der Waals surface area (Å²) in [7, 11) is 0. The number of nitrogens with zero attached hydrogens (tertiary/aromatic N) is 3. The number of halogens is 1. The van der Waals surface area contributed by atoms with Crippen molar-refractivity contribution in [3.05, 3.63) is 79.5 Å². The highest BCUT2D eigenvalue weighted by Crippen LogP contribution is 2.26. The lowest BCUT2D eigenvalue weighted by atomic mass is 9.98. The molecule has 0 aliphatic carbocycles. The van der Waals surface area contributed by atoms with Gasteiger partial charge in [0, 0.05) is 11.6 Å². The first-order valence-electron chi connectivity index (χ1n) is 10.1. The molecule has 0 radical (unpaired) electrons. The van der Waals surface area contributed by atoms with E-state index in [1.54, 1.807) is 0 Å². The van der Waals surface area contributed by atoms with Crippen molar-refractivity contribution in [3.63, 3.8) is 0 Å². The summed E-state index contributed by atoms with van der Waals surface area (Å²) in [6.07, 6.45) is 2.67. The minimum atomic E-state index is -0.656. The molecule has 2 aliphatic rings. The van der Waals surface area contributed by atoms with E-state index in [-0.39, 0.29) is 5.69 Å². The Bertz CT molecular complexity index is 1280. The van der Waals surface area contributed by atoms with Crippen LogP contribution in [-0.4, -0.2) is 19.5 Å². The van der Waals surface area contributed by atoms with Gasteiger partial charge in [-0.3, -0.25) is 9.78 Å². The molecule has 1 atom stereocenters. The van der Waals surface area contributed by atoms with E-state index in [0.29, 0.717) is 23.3 Å². The molecule has 0 bridgehead atoms. The standard InChI is InChI=1S/C23H23ClN4O2/c1-3-14(2)16-8-11-19-18(13-16)25-20-21(26-23(30)27-22(20)29)28(19)12-4-5-15-6-9-17(24)10-7-15/h6-11,13-14H,3-5,12H2,1-2H3,(H,27,29,30). The summed E-state index contributed by atoms with van der Waals surface area (Å²) in [5.41, 5.74) is 2.98. The summed E-state index contributed by atoms with van der Waals surface area (Å²) in [5, 5.41) is 0.711. The number of aromatic amines is 1. The molecule has 6 nitrogen and oxygen atoms in total. The fraction of sp³-hybridized carbons (Fsp3) is 0.304. The fourth-order valence-corrected chi connectivity index (χ4v) is 3.80. The van der Waals surface area contributed by atoms with E-state index in [1.807, 2.05) is 41.0 Å². The summed E-state index contributed by atoms with van der Waals surface area (Å²) >= 11 is 5.97. The molecule has 1 unspecified atom stereocenters. The second-order valence-electron chi connectivity index (χ2n) is 7.59. The first-order chi connectivity index (χ1) is 14.5. The largest absolute Gasteiger partial charge is 0.349 e. The Balaban J connectivity index is 1.78. The Morgan fingerprint density at radius 1 is 1.10 bits per heavy atom. The van der Waals surface area contributed by atoms with Gasteiger partial charge < -0.3 is 4.57 Å². The lowest BCUT2D eigenvalue weighted by Gasteiger charge is -2.18. The molecular formula is C23H23ClN4O2. The molecule has 0 fully saturated rings. The predicted octanol–water partition coefficient (Wildman–Crippen LogP) is 4.38. The van der Waals surface area contributed by atoms with E-state index in [4.69, 9.17) is 11.6 Å². The Morgan fingerprint density at radius 2 is 1.87 bits per heavy atom. The minimum absolute atomic E-state index is 0.190. The molecule has 154 valence electrons. The summed E-state index contributed by atoms with van der Waals surface area (Å²) in [5.74, 6) is 0.717. The van der Waals surface area contributed by atoms with Gasteiger partial charge in [0.25, 0.3) is 5.56 Å². The van der Waals surface area contributed by atoms with Crippen molar-refractivity contribution < 1.29 is 0 Å². The molecule has 0 saturated carbocycles. The van der Waals surface area contributed by atoms with Gasteiger partial charge in [-0.1, -0.05) is 43.6 Å². The van der Waals surface area contributed by atoms with E-state index in [0.717, 1.165) is 30.3 Å². The Kier molecular flexibility index (Phi) is 5.68. The van der Waals surface area contributed by atoms with Gasteiger partial charge in [-0.2, -0.15) is 4.98 Å². The molecule has 4 rings (SSSR count). The molecule has 2 aromatic carbocycles. The van der Waals surface area contributed by atoms with Crippen LogP contribution in [0.3, 0.4) is 0 Å². The van der Waals surface area contributed by atoms with Crippen LogP contribution in [0.5, 0.6) is 0 Å². The highest BCUT2D eigenvalue weighted by atomic mass is 35.5. The van der Waals surface area contributed by atoms with Crippen LogP contribution in [0.4, 0.5) is 0 Å². The van der Waals surface area contributed by atoms with Crippen LogP contribution in [0.25, 0.3) is 22.6 Å². The highest BCUT2D eigenvalue weighted by molar-refractivity contribution is 6.30. The summed E-state index contributed by atoms with van der Waals surface area (Å²) < 4.78 is 1.94. The van der Waals surface area contributed by atoms with Crippen molar-refractivity contribution in [1.29, 1.82) is 0 Å². The number of nitrogens with one attached hydrogen (secondary N) is 1. The molecule has 2 heterocycles. The summed E-state index contributed by atoms with van der Waals surface area (Å²) in [6.45, 7) is 4.92. The van der Waals surface area contributed by atoms with E-state index >= 15 is 0 Å². The molecule has 0 saturated heterocycles. The van der Waals surface area contributed by atoms with Gasteiger partial charge >= 0.3 is 5.69 Å². The van der Waals surface area contributed by atoms with Crippen LogP contribution in [0, 0.1) is 0 Å². The maximum atomic E-state index is 12.4. The third-order valence-corrected chi connectivity index (χ3v) is 5.83. The maximum Gasteiger partial charge on any atom is 0.349 e. The number of H-pyrrole nitrogens is 1. The monoisotopic (exact) mass is 422 g/mol. The van der Waals surface area contributed by atoms with Gasteiger partial charge in [0.1, 0.15) is 0 Å². The third-order valence-electron chi connectivity index (χ3n) is 5.57. The Morgan fingerprint density at radius 3 is 2.60 bits per heavy atom. The van der Waals surface area contributed by atoms with Crippen molar-refractivity contribution in [2.24, 2.45) is 0 Å². The first-order valence-corrected chi connectivity index (χ1v) is 10.5. The number of fused-ring (bicyclic) bond motifs is 2. The van der Waals surface area contributed by atoms with Crippen molar-refractivity contribution in [1.82, 2.24) is 19.5 Å². The van der Waals surface area contributed by atoms with Crippen LogP contribution >= 0.6 is 11.6 Å². The zero-order chi connectivity index (χ0) is 21.3. The molecule has 2 aliphatic heterocycles. The van der Waals surface area contributed by atoms with Crippen LogP contribution in [0.15, 0.2) is 52.1 Å². The molecule has 0 amide bonds. The zero-order valence-electron chi connectivity index (χ0n) is 17.0. The smallest absolute Gasteiger partial charge is 0.322 e. The molecule has 2 aromatic rings. The molecule has 0 spiro atoms. The first kappa shape index (κ1) is 20.3. The van der Waals surface area contributed by atoms with Gasteiger partial charge in [-0.15, -0.1) is 0 Å². The average Bonchev–Trinajstić information content (AvgIpc) is 2.74. The van der Waals surface area contributed by atoms with Crippen LogP contribution in [-0.2, 0) is 13.0 Å². The van der Waals surface area contributed by atoms with E-state index in [2.05, 4.69) is 34.9 Å². The van der Waals surface area contributed by atoms with Gasteiger partial charge in [0.05, 0.1) is 11.0 Å². The lowest BCUT2D eigenvalue weighted by Crippen LogP contribution is -2.29. The van der Waals surface area contributed by atoms with Gasteiger partial charge in [-0.25, -0.2) is 9.78 Å². The molecule has 30 heavy (non-hydrogen) atoms. The fourth-order valence-electron chi connectivity index (χ4n) is 3.68. The number of rotatable bonds is 6. The number of aromatic nitrogens is 4. The van der Waals surface area contributed by atoms with E-state index in [9.17, 15) is 9.59 Å². The van der Waals surface area contributed by atoms with Gasteiger partial charge in [0.2, 0.25) is 0 Å². The van der Waals surface area contributed by atoms with Crippen molar-refractivity contribution in [2.45, 2.75) is 45.6 Å². The summed E-state index contributed by atoms with van der Waals surface area (Å²) in [4.78, 5) is 35.1. The third kappa shape index (κ3) is 4.00. The van der Waals surface area contributed by atoms with Crippen LogP contribution in [0.1, 0.15) is 43.7 Å². The lowest BCUT2D eigenvalue weighted by molar-refractivity contribution is 0.648. The predicted molar refractivity (Wildman–Crippen MR) is 120 cm³/mol.